The summed E-state index contributed by atoms with van der Waals surface area (Å²) in [5, 5.41) is 3.39. The van der Waals surface area contributed by atoms with E-state index in [-0.39, 0.29) is 10.8 Å². The number of ether oxygens (including phenoxy) is 1. The van der Waals surface area contributed by atoms with Crippen LogP contribution in [0.1, 0.15) is 59.1 Å². The Kier molecular flexibility index (Phi) is 4.39. The molecule has 2 nitrogen and oxygen atoms in total. The highest BCUT2D eigenvalue weighted by atomic mass is 16.5. The van der Waals surface area contributed by atoms with Crippen molar-refractivity contribution in [2.75, 3.05) is 7.05 Å². The fraction of sp³-hybridized carbons (Fsp3) is 0.684. The molecule has 0 aliphatic heterocycles. The fourth-order valence-electron chi connectivity index (χ4n) is 3.21. The standard InChI is InChI=1S/C19H31NO/c1-8-13-9-10-15(14(11-13)18(2,3)4)21-17-12-16(20-7)19(17,5)6/h9-11,16-17,20H,8,12H2,1-7H3. The van der Waals surface area contributed by atoms with Gasteiger partial charge in [-0.2, -0.15) is 0 Å². The first-order valence-electron chi connectivity index (χ1n) is 8.17. The van der Waals surface area contributed by atoms with Crippen LogP contribution in [0.5, 0.6) is 5.75 Å². The van der Waals surface area contributed by atoms with Crippen molar-refractivity contribution in [3.8, 4) is 5.75 Å². The van der Waals surface area contributed by atoms with Gasteiger partial charge in [-0.1, -0.05) is 53.7 Å². The van der Waals surface area contributed by atoms with E-state index in [1.165, 1.54) is 11.1 Å². The molecular weight excluding hydrogens is 258 g/mol. The van der Waals surface area contributed by atoms with Crippen molar-refractivity contribution in [2.45, 2.75) is 71.9 Å². The first-order chi connectivity index (χ1) is 9.70. The molecule has 2 heteroatoms. The fourth-order valence-corrected chi connectivity index (χ4v) is 3.21. The smallest absolute Gasteiger partial charge is 0.123 e. The minimum absolute atomic E-state index is 0.108. The van der Waals surface area contributed by atoms with Crippen LogP contribution in [-0.4, -0.2) is 19.2 Å². The SMILES string of the molecule is CCc1ccc(OC2CC(NC)C2(C)C)c(C(C)(C)C)c1. The quantitative estimate of drug-likeness (QED) is 0.891. The molecule has 1 aromatic carbocycles. The van der Waals surface area contributed by atoms with Crippen LogP contribution in [0.4, 0.5) is 0 Å². The van der Waals surface area contributed by atoms with Gasteiger partial charge >= 0.3 is 0 Å². The molecule has 2 atom stereocenters. The van der Waals surface area contributed by atoms with Crippen molar-refractivity contribution in [2.24, 2.45) is 5.41 Å². The second-order valence-corrected chi connectivity index (χ2v) is 7.94. The van der Waals surface area contributed by atoms with Crippen molar-refractivity contribution in [1.29, 1.82) is 0 Å². The topological polar surface area (TPSA) is 21.3 Å². The van der Waals surface area contributed by atoms with E-state index < -0.39 is 0 Å². The maximum atomic E-state index is 6.41. The monoisotopic (exact) mass is 289 g/mol. The molecular formula is C19H31NO. The minimum atomic E-state index is 0.108. The molecule has 1 aliphatic carbocycles. The van der Waals surface area contributed by atoms with E-state index in [4.69, 9.17) is 4.74 Å². The Balaban J connectivity index is 2.25. The molecule has 0 bridgehead atoms. The molecule has 1 aromatic rings. The molecule has 0 heterocycles. The average molecular weight is 289 g/mol. The number of rotatable bonds is 4. The average Bonchev–Trinajstić information content (AvgIpc) is 2.41. The molecule has 0 radical (unpaired) electrons. The summed E-state index contributed by atoms with van der Waals surface area (Å²) in [4.78, 5) is 0. The Hall–Kier alpha value is -1.02. The van der Waals surface area contributed by atoms with Crippen LogP contribution in [-0.2, 0) is 11.8 Å². The zero-order valence-electron chi connectivity index (χ0n) is 14.7. The van der Waals surface area contributed by atoms with Crippen LogP contribution >= 0.6 is 0 Å². The number of hydrogen-bond donors (Lipinski definition) is 1. The van der Waals surface area contributed by atoms with E-state index in [0.717, 1.165) is 18.6 Å². The van der Waals surface area contributed by atoms with E-state index in [0.29, 0.717) is 12.1 Å². The van der Waals surface area contributed by atoms with Crippen LogP contribution in [0.15, 0.2) is 18.2 Å². The number of aryl methyl sites for hydroxylation is 1. The Morgan fingerprint density at radius 3 is 2.43 bits per heavy atom. The highest BCUT2D eigenvalue weighted by Gasteiger charge is 2.49. The van der Waals surface area contributed by atoms with Crippen LogP contribution in [0.3, 0.4) is 0 Å². The number of nitrogens with one attached hydrogen (secondary N) is 1. The van der Waals surface area contributed by atoms with Gasteiger partial charge < -0.3 is 10.1 Å². The first-order valence-corrected chi connectivity index (χ1v) is 8.17. The minimum Gasteiger partial charge on any atom is -0.489 e. The number of hydrogen-bond acceptors (Lipinski definition) is 2. The van der Waals surface area contributed by atoms with Gasteiger partial charge in [-0.05, 0) is 36.1 Å². The summed E-state index contributed by atoms with van der Waals surface area (Å²) in [7, 11) is 2.04. The Labute approximate surface area is 130 Å². The van der Waals surface area contributed by atoms with Gasteiger partial charge in [0, 0.05) is 17.9 Å². The Morgan fingerprint density at radius 2 is 1.95 bits per heavy atom. The van der Waals surface area contributed by atoms with E-state index >= 15 is 0 Å². The van der Waals surface area contributed by atoms with Crippen molar-refractivity contribution in [1.82, 2.24) is 5.32 Å². The summed E-state index contributed by atoms with van der Waals surface area (Å²) in [6.45, 7) is 13.6. The molecule has 1 saturated carbocycles. The summed E-state index contributed by atoms with van der Waals surface area (Å²) < 4.78 is 6.41. The van der Waals surface area contributed by atoms with Gasteiger partial charge in [0.1, 0.15) is 11.9 Å². The van der Waals surface area contributed by atoms with Crippen LogP contribution in [0, 0.1) is 5.41 Å². The highest BCUT2D eigenvalue weighted by Crippen LogP contribution is 2.44. The summed E-state index contributed by atoms with van der Waals surface area (Å²) >= 11 is 0. The lowest BCUT2D eigenvalue weighted by Crippen LogP contribution is -2.61. The molecule has 0 saturated heterocycles. The lowest BCUT2D eigenvalue weighted by atomic mass is 9.64. The van der Waals surface area contributed by atoms with Gasteiger partial charge in [-0.3, -0.25) is 0 Å². The van der Waals surface area contributed by atoms with Gasteiger partial charge in [0.25, 0.3) is 0 Å². The summed E-state index contributed by atoms with van der Waals surface area (Å²) in [5.74, 6) is 1.06. The molecule has 1 N–H and O–H groups in total. The lowest BCUT2D eigenvalue weighted by Gasteiger charge is -2.51. The Bertz CT molecular complexity index is 499. The predicted molar refractivity (Wildman–Crippen MR) is 90.2 cm³/mol. The third-order valence-corrected chi connectivity index (χ3v) is 5.06. The summed E-state index contributed by atoms with van der Waals surface area (Å²) in [6.07, 6.45) is 2.45. The van der Waals surface area contributed by atoms with E-state index in [1.54, 1.807) is 0 Å². The van der Waals surface area contributed by atoms with E-state index in [9.17, 15) is 0 Å². The molecule has 0 amide bonds. The first kappa shape index (κ1) is 16.4. The van der Waals surface area contributed by atoms with Gasteiger partial charge in [-0.15, -0.1) is 0 Å². The molecule has 2 unspecified atom stereocenters. The third kappa shape index (κ3) is 3.11. The molecule has 118 valence electrons. The maximum Gasteiger partial charge on any atom is 0.123 e. The highest BCUT2D eigenvalue weighted by molar-refractivity contribution is 5.42. The van der Waals surface area contributed by atoms with Crippen molar-refractivity contribution in [3.63, 3.8) is 0 Å². The van der Waals surface area contributed by atoms with Gasteiger partial charge in [-0.25, -0.2) is 0 Å². The van der Waals surface area contributed by atoms with Gasteiger partial charge in [0.15, 0.2) is 0 Å². The van der Waals surface area contributed by atoms with Gasteiger partial charge in [0.05, 0.1) is 0 Å². The summed E-state index contributed by atoms with van der Waals surface area (Å²) in [5.41, 5.74) is 3.00. The van der Waals surface area contributed by atoms with Crippen molar-refractivity contribution < 1.29 is 4.74 Å². The molecule has 0 aromatic heterocycles. The van der Waals surface area contributed by atoms with E-state index in [2.05, 4.69) is 65.1 Å². The van der Waals surface area contributed by atoms with Gasteiger partial charge in [0.2, 0.25) is 0 Å². The maximum absolute atomic E-state index is 6.41. The van der Waals surface area contributed by atoms with Crippen LogP contribution in [0.2, 0.25) is 0 Å². The molecule has 21 heavy (non-hydrogen) atoms. The lowest BCUT2D eigenvalue weighted by molar-refractivity contribution is -0.0528. The van der Waals surface area contributed by atoms with E-state index in [1.807, 2.05) is 7.05 Å². The van der Waals surface area contributed by atoms with Crippen molar-refractivity contribution >= 4 is 0 Å². The number of benzene rings is 1. The third-order valence-electron chi connectivity index (χ3n) is 5.06. The van der Waals surface area contributed by atoms with Crippen molar-refractivity contribution in [3.05, 3.63) is 29.3 Å². The Morgan fingerprint density at radius 1 is 1.29 bits per heavy atom. The largest absolute Gasteiger partial charge is 0.489 e. The predicted octanol–water partition coefficient (Wildman–Crippen LogP) is 4.31. The molecule has 1 fully saturated rings. The normalized spacial score (nSPS) is 24.5. The zero-order valence-corrected chi connectivity index (χ0v) is 14.7. The second kappa shape index (κ2) is 5.64. The molecule has 2 rings (SSSR count). The summed E-state index contributed by atoms with van der Waals surface area (Å²) in [6, 6.07) is 7.24. The zero-order chi connectivity index (χ0) is 15.8. The molecule has 1 aliphatic rings. The van der Waals surface area contributed by atoms with Crippen LogP contribution < -0.4 is 10.1 Å². The van der Waals surface area contributed by atoms with Crippen LogP contribution in [0.25, 0.3) is 0 Å². The molecule has 0 spiro atoms. The second-order valence-electron chi connectivity index (χ2n) is 7.94.